The topological polar surface area (TPSA) is 69.8 Å². The van der Waals surface area contributed by atoms with E-state index in [9.17, 15) is 4.79 Å². The van der Waals surface area contributed by atoms with Crippen molar-refractivity contribution in [1.82, 2.24) is 15.3 Å². The monoisotopic (exact) mass is 290 g/mol. The van der Waals surface area contributed by atoms with Crippen LogP contribution in [0.2, 0.25) is 5.02 Å². The van der Waals surface area contributed by atoms with E-state index in [0.717, 1.165) is 42.9 Å². The highest BCUT2D eigenvalue weighted by molar-refractivity contribution is 6.30. The molecule has 0 radical (unpaired) electrons. The lowest BCUT2D eigenvalue weighted by molar-refractivity contribution is 0.708. The van der Waals surface area contributed by atoms with Gasteiger partial charge in [0, 0.05) is 34.9 Å². The van der Waals surface area contributed by atoms with Crippen LogP contribution in [-0.2, 0) is 12.8 Å². The molecule has 3 N–H and O–H groups in total. The van der Waals surface area contributed by atoms with Crippen molar-refractivity contribution in [3.8, 4) is 0 Å². The third kappa shape index (κ3) is 2.84. The molecular formula is C14H15ClN4O. The number of anilines is 2. The van der Waals surface area contributed by atoms with Gasteiger partial charge < -0.3 is 15.6 Å². The van der Waals surface area contributed by atoms with E-state index in [-0.39, 0.29) is 5.69 Å². The zero-order valence-corrected chi connectivity index (χ0v) is 11.6. The van der Waals surface area contributed by atoms with Gasteiger partial charge in [-0.3, -0.25) is 0 Å². The molecule has 1 aliphatic rings. The minimum atomic E-state index is -0.317. The number of aromatic nitrogens is 2. The molecule has 1 aromatic carbocycles. The van der Waals surface area contributed by atoms with Gasteiger partial charge in [0.15, 0.2) is 0 Å². The van der Waals surface area contributed by atoms with E-state index in [2.05, 4.69) is 20.6 Å². The fraction of sp³-hybridized carbons (Fsp3) is 0.286. The third-order valence-corrected chi connectivity index (χ3v) is 3.58. The Morgan fingerprint density at radius 3 is 2.70 bits per heavy atom. The predicted molar refractivity (Wildman–Crippen MR) is 79.9 cm³/mol. The van der Waals surface area contributed by atoms with Gasteiger partial charge in [0.2, 0.25) is 0 Å². The molecule has 0 amide bonds. The van der Waals surface area contributed by atoms with E-state index < -0.39 is 0 Å². The van der Waals surface area contributed by atoms with Gasteiger partial charge >= 0.3 is 5.69 Å². The van der Waals surface area contributed by atoms with Crippen LogP contribution in [0.15, 0.2) is 29.1 Å². The van der Waals surface area contributed by atoms with Gasteiger partial charge in [-0.1, -0.05) is 11.6 Å². The van der Waals surface area contributed by atoms with E-state index in [0.29, 0.717) is 10.8 Å². The Morgan fingerprint density at radius 1 is 1.15 bits per heavy atom. The van der Waals surface area contributed by atoms with E-state index in [4.69, 9.17) is 11.6 Å². The molecule has 2 aromatic rings. The Bertz CT molecular complexity index is 666. The first-order valence-corrected chi connectivity index (χ1v) is 6.95. The quantitative estimate of drug-likeness (QED) is 0.789. The Hall–Kier alpha value is -1.85. The number of rotatable bonds is 2. The van der Waals surface area contributed by atoms with Crippen LogP contribution in [0.5, 0.6) is 0 Å². The molecular weight excluding hydrogens is 276 g/mol. The van der Waals surface area contributed by atoms with Crippen LogP contribution in [0.4, 0.5) is 11.5 Å². The van der Waals surface area contributed by atoms with Crippen LogP contribution in [-0.4, -0.2) is 23.1 Å². The summed E-state index contributed by atoms with van der Waals surface area (Å²) in [5.41, 5.74) is 2.59. The molecule has 0 spiro atoms. The number of H-pyrrole nitrogens is 1. The van der Waals surface area contributed by atoms with Crippen molar-refractivity contribution < 1.29 is 0 Å². The summed E-state index contributed by atoms with van der Waals surface area (Å²) < 4.78 is 0. The Labute approximate surface area is 121 Å². The molecule has 3 rings (SSSR count). The number of hydrogen-bond donors (Lipinski definition) is 3. The number of aromatic amines is 1. The van der Waals surface area contributed by atoms with Crippen LogP contribution in [0.1, 0.15) is 11.3 Å². The molecule has 0 saturated carbocycles. The maximum atomic E-state index is 11.7. The maximum absolute atomic E-state index is 11.7. The molecule has 0 atom stereocenters. The number of benzene rings is 1. The summed E-state index contributed by atoms with van der Waals surface area (Å²) in [5, 5.41) is 7.21. The molecule has 0 aliphatic carbocycles. The SMILES string of the molecule is O=c1nc(Nc2ccc(Cl)cc2)c2c([nH]1)CCNCC2. The number of halogens is 1. The molecule has 2 heterocycles. The van der Waals surface area contributed by atoms with Crippen LogP contribution >= 0.6 is 11.6 Å². The van der Waals surface area contributed by atoms with E-state index in [1.165, 1.54) is 0 Å². The first-order chi connectivity index (χ1) is 9.72. The molecule has 0 unspecified atom stereocenters. The summed E-state index contributed by atoms with van der Waals surface area (Å²) >= 11 is 5.87. The van der Waals surface area contributed by atoms with Crippen molar-refractivity contribution in [2.45, 2.75) is 12.8 Å². The van der Waals surface area contributed by atoms with E-state index in [1.807, 2.05) is 12.1 Å². The summed E-state index contributed by atoms with van der Waals surface area (Å²) in [5.74, 6) is 0.634. The van der Waals surface area contributed by atoms with Crippen molar-refractivity contribution >= 4 is 23.1 Å². The molecule has 6 heteroatoms. The number of fused-ring (bicyclic) bond motifs is 1. The van der Waals surface area contributed by atoms with Gasteiger partial charge in [-0.25, -0.2) is 4.79 Å². The van der Waals surface area contributed by atoms with Gasteiger partial charge in [0.05, 0.1) is 0 Å². The lowest BCUT2D eigenvalue weighted by Gasteiger charge is -2.12. The largest absolute Gasteiger partial charge is 0.347 e. The molecule has 1 aromatic heterocycles. The van der Waals surface area contributed by atoms with Crippen molar-refractivity contribution in [3.05, 3.63) is 51.0 Å². The zero-order valence-electron chi connectivity index (χ0n) is 10.9. The summed E-state index contributed by atoms with van der Waals surface area (Å²) in [4.78, 5) is 18.6. The lowest BCUT2D eigenvalue weighted by Crippen LogP contribution is -2.18. The Morgan fingerprint density at radius 2 is 1.90 bits per heavy atom. The normalized spacial score (nSPS) is 14.4. The van der Waals surface area contributed by atoms with Crippen LogP contribution in [0, 0.1) is 0 Å². The second-order valence-corrected chi connectivity index (χ2v) is 5.17. The smallest absolute Gasteiger partial charge is 0.340 e. The standard InChI is InChI=1S/C14H15ClN4O/c15-9-1-3-10(4-2-9)17-13-11-5-7-16-8-6-12(11)18-14(20)19-13/h1-4,16H,5-8H2,(H2,17,18,19,20). The van der Waals surface area contributed by atoms with Crippen molar-refractivity contribution in [2.24, 2.45) is 0 Å². The van der Waals surface area contributed by atoms with Gasteiger partial charge in [0.1, 0.15) is 5.82 Å². The minimum absolute atomic E-state index is 0.317. The second-order valence-electron chi connectivity index (χ2n) is 4.73. The number of nitrogens with zero attached hydrogens (tertiary/aromatic N) is 1. The predicted octanol–water partition coefficient (Wildman–Crippen LogP) is 1.86. The third-order valence-electron chi connectivity index (χ3n) is 3.33. The molecule has 1 aliphatic heterocycles. The minimum Gasteiger partial charge on any atom is -0.340 e. The van der Waals surface area contributed by atoms with Gasteiger partial charge in [0.25, 0.3) is 0 Å². The highest BCUT2D eigenvalue weighted by atomic mass is 35.5. The fourth-order valence-corrected chi connectivity index (χ4v) is 2.48. The van der Waals surface area contributed by atoms with Gasteiger partial charge in [-0.15, -0.1) is 0 Å². The molecule has 20 heavy (non-hydrogen) atoms. The summed E-state index contributed by atoms with van der Waals surface area (Å²) in [6.07, 6.45) is 1.65. The molecule has 5 nitrogen and oxygen atoms in total. The van der Waals surface area contributed by atoms with Gasteiger partial charge in [-0.2, -0.15) is 4.98 Å². The van der Waals surface area contributed by atoms with Crippen molar-refractivity contribution in [1.29, 1.82) is 0 Å². The van der Waals surface area contributed by atoms with Crippen LogP contribution in [0.25, 0.3) is 0 Å². The highest BCUT2D eigenvalue weighted by Gasteiger charge is 2.14. The number of hydrogen-bond acceptors (Lipinski definition) is 4. The molecule has 0 saturated heterocycles. The first kappa shape index (κ1) is 13.1. The summed E-state index contributed by atoms with van der Waals surface area (Å²) in [6, 6.07) is 7.34. The van der Waals surface area contributed by atoms with Crippen LogP contribution < -0.4 is 16.3 Å². The zero-order chi connectivity index (χ0) is 13.9. The van der Waals surface area contributed by atoms with E-state index >= 15 is 0 Å². The average molecular weight is 291 g/mol. The van der Waals surface area contributed by atoms with Crippen LogP contribution in [0.3, 0.4) is 0 Å². The average Bonchev–Trinajstić information content (AvgIpc) is 2.66. The van der Waals surface area contributed by atoms with Crippen molar-refractivity contribution in [3.63, 3.8) is 0 Å². The second kappa shape index (κ2) is 5.64. The molecule has 104 valence electrons. The van der Waals surface area contributed by atoms with Gasteiger partial charge in [-0.05, 0) is 37.2 Å². The Balaban J connectivity index is 1.98. The maximum Gasteiger partial charge on any atom is 0.347 e. The molecule has 0 fully saturated rings. The summed E-state index contributed by atoms with van der Waals surface area (Å²) in [7, 11) is 0. The summed E-state index contributed by atoms with van der Waals surface area (Å²) in [6.45, 7) is 1.75. The Kier molecular flexibility index (Phi) is 3.71. The van der Waals surface area contributed by atoms with Crippen molar-refractivity contribution in [2.75, 3.05) is 18.4 Å². The fourth-order valence-electron chi connectivity index (χ4n) is 2.35. The first-order valence-electron chi connectivity index (χ1n) is 6.58. The highest BCUT2D eigenvalue weighted by Crippen LogP contribution is 2.22. The molecule has 0 bridgehead atoms. The number of nitrogens with one attached hydrogen (secondary N) is 3. The van der Waals surface area contributed by atoms with E-state index in [1.54, 1.807) is 12.1 Å². The lowest BCUT2D eigenvalue weighted by atomic mass is 10.1.